The Bertz CT molecular complexity index is 1210. The number of nitrogens with zero attached hydrogens (tertiary/aromatic N) is 3. The largest absolute Gasteiger partial charge is 0.491 e. The number of fused-ring (bicyclic) bond motifs is 1. The number of amides is 1. The summed E-state index contributed by atoms with van der Waals surface area (Å²) in [5, 5.41) is 28.2. The van der Waals surface area contributed by atoms with Crippen molar-refractivity contribution in [3.8, 4) is 17.2 Å². The van der Waals surface area contributed by atoms with Crippen molar-refractivity contribution < 1.29 is 29.0 Å². The van der Waals surface area contributed by atoms with Crippen molar-refractivity contribution in [2.45, 2.75) is 26.5 Å². The third-order valence-corrected chi connectivity index (χ3v) is 5.36. The van der Waals surface area contributed by atoms with Crippen LogP contribution in [0, 0.1) is 24.0 Å². The molecule has 4 rings (SSSR count). The third-order valence-electron chi connectivity index (χ3n) is 5.36. The minimum absolute atomic E-state index is 0.00631. The summed E-state index contributed by atoms with van der Waals surface area (Å²) in [6, 6.07) is 11.9. The molecule has 11 heteroatoms. The van der Waals surface area contributed by atoms with Crippen LogP contribution < -0.4 is 19.5 Å². The number of nitro groups is 1. The number of hydrogen-bond donors (Lipinski definition) is 2. The maximum Gasteiger partial charge on any atom is 0.312 e. The molecule has 0 radical (unpaired) electrons. The lowest BCUT2D eigenvalue weighted by Crippen LogP contribution is -2.35. The fourth-order valence-corrected chi connectivity index (χ4v) is 3.57. The van der Waals surface area contributed by atoms with E-state index in [0.717, 1.165) is 5.56 Å². The minimum atomic E-state index is -0.907. The van der Waals surface area contributed by atoms with Crippen LogP contribution in [0.25, 0.3) is 0 Å². The van der Waals surface area contributed by atoms with Crippen LogP contribution in [0.4, 0.5) is 5.69 Å². The molecule has 1 amide bonds. The van der Waals surface area contributed by atoms with Crippen molar-refractivity contribution in [3.63, 3.8) is 0 Å². The maximum absolute atomic E-state index is 12.4. The molecule has 2 N–H and O–H groups in total. The number of aliphatic hydroxyl groups is 1. The number of rotatable bonds is 9. The second-order valence-electron chi connectivity index (χ2n) is 7.82. The molecule has 11 nitrogen and oxygen atoms in total. The Labute approximate surface area is 195 Å². The first kappa shape index (κ1) is 23.1. The Morgan fingerprint density at radius 1 is 1.24 bits per heavy atom. The average molecular weight is 468 g/mol. The molecule has 0 fully saturated rings. The van der Waals surface area contributed by atoms with Crippen LogP contribution in [0.2, 0.25) is 0 Å². The van der Waals surface area contributed by atoms with E-state index in [2.05, 4.69) is 10.4 Å². The van der Waals surface area contributed by atoms with Crippen molar-refractivity contribution >= 4 is 11.6 Å². The van der Waals surface area contributed by atoms with E-state index in [1.54, 1.807) is 61.0 Å². The van der Waals surface area contributed by atoms with Gasteiger partial charge in [0.1, 0.15) is 29.8 Å². The maximum atomic E-state index is 12.4. The van der Waals surface area contributed by atoms with E-state index >= 15 is 0 Å². The van der Waals surface area contributed by atoms with Crippen molar-refractivity contribution in [2.24, 2.45) is 0 Å². The number of nitrogens with one attached hydrogen (secondary N) is 1. The zero-order chi connectivity index (χ0) is 24.2. The first-order valence-corrected chi connectivity index (χ1v) is 10.6. The summed E-state index contributed by atoms with van der Waals surface area (Å²) < 4.78 is 17.6. The molecule has 1 atom stereocenters. The van der Waals surface area contributed by atoms with Gasteiger partial charge in [0.15, 0.2) is 11.5 Å². The minimum Gasteiger partial charge on any atom is -0.491 e. The van der Waals surface area contributed by atoms with Crippen LogP contribution >= 0.6 is 0 Å². The summed E-state index contributed by atoms with van der Waals surface area (Å²) >= 11 is 0. The van der Waals surface area contributed by atoms with E-state index in [0.29, 0.717) is 40.7 Å². The van der Waals surface area contributed by atoms with Gasteiger partial charge in [0.05, 0.1) is 11.5 Å². The van der Waals surface area contributed by atoms with Gasteiger partial charge >= 0.3 is 5.69 Å². The number of carbonyl (C=O) groups excluding carboxylic acids is 1. The lowest BCUT2D eigenvalue weighted by molar-refractivity contribution is -0.386. The van der Waals surface area contributed by atoms with Gasteiger partial charge in [-0.25, -0.2) is 0 Å². The second-order valence-corrected chi connectivity index (χ2v) is 7.82. The molecule has 0 aliphatic carbocycles. The van der Waals surface area contributed by atoms with E-state index in [-0.39, 0.29) is 31.5 Å². The van der Waals surface area contributed by atoms with E-state index in [1.807, 2.05) is 0 Å². The standard InChI is InChI=1S/C23H24N4O7/c1-14-22(27(30)31)15(2)26(25-14)11-16-3-5-17(6-4-16)23(29)24-10-18(28)12-32-19-7-8-20-21(9-19)34-13-33-20/h3-9,18,28H,10-13H2,1-2H3,(H,24,29). The fourth-order valence-electron chi connectivity index (χ4n) is 3.57. The highest BCUT2D eigenvalue weighted by Crippen LogP contribution is 2.35. The van der Waals surface area contributed by atoms with Gasteiger partial charge in [-0.2, -0.15) is 5.10 Å². The molecule has 2 heterocycles. The highest BCUT2D eigenvalue weighted by Gasteiger charge is 2.21. The number of ether oxygens (including phenoxy) is 3. The summed E-state index contributed by atoms with van der Waals surface area (Å²) in [5.41, 5.74) is 2.11. The van der Waals surface area contributed by atoms with Crippen molar-refractivity contribution in [2.75, 3.05) is 19.9 Å². The highest BCUT2D eigenvalue weighted by molar-refractivity contribution is 5.94. The highest BCUT2D eigenvalue weighted by atomic mass is 16.7. The number of carbonyl (C=O) groups is 1. The van der Waals surface area contributed by atoms with Crippen molar-refractivity contribution in [1.29, 1.82) is 0 Å². The second kappa shape index (κ2) is 9.79. The van der Waals surface area contributed by atoms with E-state index in [1.165, 1.54) is 0 Å². The summed E-state index contributed by atoms with van der Waals surface area (Å²) in [6.07, 6.45) is -0.907. The Kier molecular flexibility index (Phi) is 6.64. The Hall–Kier alpha value is -4.12. The molecule has 0 bridgehead atoms. The number of aliphatic hydroxyl groups excluding tert-OH is 1. The Balaban J connectivity index is 1.26. The molecule has 0 saturated heterocycles. The molecular weight excluding hydrogens is 444 g/mol. The lowest BCUT2D eigenvalue weighted by Gasteiger charge is -2.14. The summed E-state index contributed by atoms with van der Waals surface area (Å²) in [4.78, 5) is 23.1. The van der Waals surface area contributed by atoms with Gasteiger partial charge in [0, 0.05) is 18.2 Å². The van der Waals surface area contributed by atoms with Crippen LogP contribution in [-0.2, 0) is 6.54 Å². The van der Waals surface area contributed by atoms with E-state index in [4.69, 9.17) is 14.2 Å². The summed E-state index contributed by atoms with van der Waals surface area (Å²) in [6.45, 7) is 3.77. The molecule has 1 aromatic heterocycles. The molecular formula is C23H24N4O7. The van der Waals surface area contributed by atoms with Crippen LogP contribution in [0.1, 0.15) is 27.3 Å². The van der Waals surface area contributed by atoms with E-state index < -0.39 is 11.0 Å². The first-order valence-electron chi connectivity index (χ1n) is 10.6. The fraction of sp³-hybridized carbons (Fsp3) is 0.304. The van der Waals surface area contributed by atoms with Crippen molar-refractivity contribution in [3.05, 3.63) is 75.1 Å². The molecule has 178 valence electrons. The van der Waals surface area contributed by atoms with E-state index in [9.17, 15) is 20.0 Å². The molecule has 34 heavy (non-hydrogen) atoms. The van der Waals surface area contributed by atoms with Crippen LogP contribution in [0.3, 0.4) is 0 Å². The number of hydrogen-bond acceptors (Lipinski definition) is 8. The predicted octanol–water partition coefficient (Wildman–Crippen LogP) is 2.35. The van der Waals surface area contributed by atoms with Gasteiger partial charge < -0.3 is 24.6 Å². The lowest BCUT2D eigenvalue weighted by atomic mass is 10.1. The normalized spacial score (nSPS) is 12.9. The SMILES string of the molecule is Cc1nn(Cc2ccc(C(=O)NCC(O)COc3ccc4c(c3)OCO4)cc2)c(C)c1[N+](=O)[O-]. The predicted molar refractivity (Wildman–Crippen MR) is 120 cm³/mol. The molecule has 0 saturated carbocycles. The van der Waals surface area contributed by atoms with Gasteiger partial charge in [-0.3, -0.25) is 19.6 Å². The van der Waals surface area contributed by atoms with Crippen LogP contribution in [0.5, 0.6) is 17.2 Å². The quantitative estimate of drug-likeness (QED) is 0.361. The zero-order valence-corrected chi connectivity index (χ0v) is 18.7. The molecule has 1 aliphatic heterocycles. The van der Waals surface area contributed by atoms with Gasteiger partial charge in [-0.1, -0.05) is 12.1 Å². The van der Waals surface area contributed by atoms with Gasteiger partial charge in [0.2, 0.25) is 6.79 Å². The number of aryl methyl sites for hydroxylation is 1. The molecule has 2 aromatic carbocycles. The van der Waals surface area contributed by atoms with Crippen LogP contribution in [-0.4, -0.2) is 51.8 Å². The molecule has 1 unspecified atom stereocenters. The van der Waals surface area contributed by atoms with Crippen LogP contribution in [0.15, 0.2) is 42.5 Å². The number of benzene rings is 2. The molecule has 3 aromatic rings. The smallest absolute Gasteiger partial charge is 0.312 e. The Morgan fingerprint density at radius 3 is 2.68 bits per heavy atom. The molecule has 1 aliphatic rings. The Morgan fingerprint density at radius 2 is 1.97 bits per heavy atom. The first-order chi connectivity index (χ1) is 16.3. The number of aromatic nitrogens is 2. The summed E-state index contributed by atoms with van der Waals surface area (Å²) in [7, 11) is 0. The monoisotopic (exact) mass is 468 g/mol. The van der Waals surface area contributed by atoms with Gasteiger partial charge in [0.25, 0.3) is 5.91 Å². The summed E-state index contributed by atoms with van der Waals surface area (Å²) in [5.74, 6) is 1.41. The third kappa shape index (κ3) is 5.09. The zero-order valence-electron chi connectivity index (χ0n) is 18.7. The average Bonchev–Trinajstić information content (AvgIpc) is 3.39. The van der Waals surface area contributed by atoms with Crippen molar-refractivity contribution in [1.82, 2.24) is 15.1 Å². The van der Waals surface area contributed by atoms with Gasteiger partial charge in [-0.15, -0.1) is 0 Å². The molecule has 0 spiro atoms. The van der Waals surface area contributed by atoms with Gasteiger partial charge in [-0.05, 0) is 43.7 Å². The topological polar surface area (TPSA) is 138 Å².